The van der Waals surface area contributed by atoms with E-state index in [0.717, 1.165) is 20.9 Å². The number of hydrogen-bond acceptors (Lipinski definition) is 8. The summed E-state index contributed by atoms with van der Waals surface area (Å²) in [4.78, 5) is 29.8. The predicted molar refractivity (Wildman–Crippen MR) is 120 cm³/mol. The van der Waals surface area contributed by atoms with E-state index in [0.29, 0.717) is 5.52 Å². The van der Waals surface area contributed by atoms with Gasteiger partial charge in [-0.1, -0.05) is 24.3 Å². The Balaban J connectivity index is 2.11. The molecule has 1 aromatic heterocycles. The maximum absolute atomic E-state index is 12.6. The molecule has 0 aliphatic rings. The van der Waals surface area contributed by atoms with Crippen LogP contribution in [0.25, 0.3) is 10.2 Å². The van der Waals surface area contributed by atoms with Crippen LogP contribution < -0.4 is 0 Å². The summed E-state index contributed by atoms with van der Waals surface area (Å²) in [5.74, 6) is -0.316. The summed E-state index contributed by atoms with van der Waals surface area (Å²) in [6.07, 6.45) is 1.04. The van der Waals surface area contributed by atoms with Gasteiger partial charge in [0.1, 0.15) is 11.2 Å². The van der Waals surface area contributed by atoms with Crippen LogP contribution in [0.15, 0.2) is 40.8 Å². The number of benzene rings is 1. The lowest BCUT2D eigenvalue weighted by Gasteiger charge is -2.28. The minimum absolute atomic E-state index is 0.0227. The molecular formula is C21H28N2O6S2. The fourth-order valence-corrected chi connectivity index (χ4v) is 4.74. The SMILES string of the molecule is CC(C)(C)OC(=O)N(C/C=C\CS(=O)(=O)c1nc2ccccc2s1)C(=O)OC(C)(C)C. The third-order valence-electron chi connectivity index (χ3n) is 3.54. The number of thiazole rings is 1. The normalized spacial score (nSPS) is 12.8. The van der Waals surface area contributed by atoms with Crippen molar-refractivity contribution in [3.63, 3.8) is 0 Å². The highest BCUT2D eigenvalue weighted by Crippen LogP contribution is 2.25. The molecule has 0 aliphatic heterocycles. The molecule has 0 spiro atoms. The van der Waals surface area contributed by atoms with Gasteiger partial charge in [-0.25, -0.2) is 27.9 Å². The Morgan fingerprint density at radius 2 is 1.55 bits per heavy atom. The number of imide groups is 1. The number of aromatic nitrogens is 1. The fourth-order valence-electron chi connectivity index (χ4n) is 2.29. The van der Waals surface area contributed by atoms with Crippen molar-refractivity contribution in [3.05, 3.63) is 36.4 Å². The maximum Gasteiger partial charge on any atom is 0.420 e. The Morgan fingerprint density at radius 1 is 1.00 bits per heavy atom. The molecule has 0 saturated carbocycles. The summed E-state index contributed by atoms with van der Waals surface area (Å²) in [6.45, 7) is 9.88. The quantitative estimate of drug-likeness (QED) is 0.581. The number of rotatable bonds is 5. The van der Waals surface area contributed by atoms with E-state index in [1.807, 2.05) is 6.07 Å². The van der Waals surface area contributed by atoms with Crippen LogP contribution in [0, 0.1) is 0 Å². The Hall–Kier alpha value is -2.46. The van der Waals surface area contributed by atoms with E-state index in [4.69, 9.17) is 9.47 Å². The van der Waals surface area contributed by atoms with E-state index < -0.39 is 33.2 Å². The van der Waals surface area contributed by atoms with Crippen LogP contribution in [0.3, 0.4) is 0 Å². The lowest BCUT2D eigenvalue weighted by molar-refractivity contribution is 0.00373. The van der Waals surface area contributed by atoms with Gasteiger partial charge >= 0.3 is 12.2 Å². The second-order valence-electron chi connectivity index (χ2n) is 8.77. The van der Waals surface area contributed by atoms with E-state index in [9.17, 15) is 18.0 Å². The van der Waals surface area contributed by atoms with Crippen LogP contribution in [0.4, 0.5) is 9.59 Å². The highest BCUT2D eigenvalue weighted by atomic mass is 32.2. The molecule has 1 aromatic carbocycles. The summed E-state index contributed by atoms with van der Waals surface area (Å²) in [5.41, 5.74) is -0.995. The van der Waals surface area contributed by atoms with Crippen molar-refractivity contribution in [1.29, 1.82) is 0 Å². The smallest absolute Gasteiger partial charge is 0.420 e. The Kier molecular flexibility index (Phi) is 7.48. The minimum Gasteiger partial charge on any atom is -0.443 e. The van der Waals surface area contributed by atoms with Crippen molar-refractivity contribution in [2.75, 3.05) is 12.3 Å². The van der Waals surface area contributed by atoms with Gasteiger partial charge < -0.3 is 9.47 Å². The summed E-state index contributed by atoms with van der Waals surface area (Å²) >= 11 is 1.10. The van der Waals surface area contributed by atoms with Crippen LogP contribution in [0.1, 0.15) is 41.5 Å². The van der Waals surface area contributed by atoms with Gasteiger partial charge in [-0.2, -0.15) is 0 Å². The molecule has 2 rings (SSSR count). The molecule has 31 heavy (non-hydrogen) atoms. The number of sulfone groups is 1. The second-order valence-corrected chi connectivity index (χ2v) is 12.0. The van der Waals surface area contributed by atoms with Crippen molar-refractivity contribution in [1.82, 2.24) is 9.88 Å². The second kappa shape index (κ2) is 9.35. The van der Waals surface area contributed by atoms with Crippen LogP contribution in [0.2, 0.25) is 0 Å². The molecule has 0 aliphatic carbocycles. The molecule has 0 saturated heterocycles. The molecule has 0 unspecified atom stereocenters. The van der Waals surface area contributed by atoms with Crippen molar-refractivity contribution < 1.29 is 27.5 Å². The third kappa shape index (κ3) is 7.62. The molecule has 170 valence electrons. The van der Waals surface area contributed by atoms with E-state index in [-0.39, 0.29) is 16.6 Å². The first kappa shape index (κ1) is 24.8. The molecule has 8 nitrogen and oxygen atoms in total. The molecule has 10 heteroatoms. The fraction of sp³-hybridized carbons (Fsp3) is 0.476. The number of para-hydroxylation sites is 1. The monoisotopic (exact) mass is 468 g/mol. The molecule has 0 atom stereocenters. The number of amides is 2. The van der Waals surface area contributed by atoms with Crippen molar-refractivity contribution in [2.45, 2.75) is 57.1 Å². The lowest BCUT2D eigenvalue weighted by Crippen LogP contribution is -2.43. The first-order chi connectivity index (χ1) is 14.2. The van der Waals surface area contributed by atoms with Crippen molar-refractivity contribution in [2.24, 2.45) is 0 Å². The van der Waals surface area contributed by atoms with Crippen molar-refractivity contribution in [3.8, 4) is 0 Å². The molecule has 0 fully saturated rings. The average molecular weight is 469 g/mol. The summed E-state index contributed by atoms with van der Waals surface area (Å²) < 4.78 is 36.5. The van der Waals surface area contributed by atoms with Crippen LogP contribution in [0.5, 0.6) is 0 Å². The van der Waals surface area contributed by atoms with Gasteiger partial charge in [-0.3, -0.25) is 0 Å². The highest BCUT2D eigenvalue weighted by Gasteiger charge is 2.30. The standard InChI is InChI=1S/C21H28N2O6S2/c1-20(2,3)28-18(24)23(19(25)29-21(4,5)6)13-9-10-14-31(26,27)17-22-15-11-7-8-12-16(15)30-17/h7-12H,13-14H2,1-6H3/b10-9-. The molecular weight excluding hydrogens is 440 g/mol. The lowest BCUT2D eigenvalue weighted by atomic mass is 10.2. The number of ether oxygens (including phenoxy) is 2. The number of fused-ring (bicyclic) bond motifs is 1. The summed E-state index contributed by atoms with van der Waals surface area (Å²) in [7, 11) is -3.65. The van der Waals surface area contributed by atoms with Crippen LogP contribution in [-0.2, 0) is 19.3 Å². The zero-order valence-corrected chi connectivity index (χ0v) is 20.2. The zero-order valence-electron chi connectivity index (χ0n) is 18.5. The van der Waals surface area contributed by atoms with E-state index >= 15 is 0 Å². The molecule has 0 radical (unpaired) electrons. The first-order valence-electron chi connectivity index (χ1n) is 9.65. The van der Waals surface area contributed by atoms with Gasteiger partial charge in [-0.05, 0) is 53.7 Å². The van der Waals surface area contributed by atoms with Crippen LogP contribution in [-0.4, -0.2) is 54.0 Å². The van der Waals surface area contributed by atoms with E-state index in [2.05, 4.69) is 4.98 Å². The van der Waals surface area contributed by atoms with Gasteiger partial charge in [0.2, 0.25) is 14.2 Å². The van der Waals surface area contributed by atoms with Gasteiger partial charge in [0.05, 0.1) is 22.5 Å². The van der Waals surface area contributed by atoms with Gasteiger partial charge in [0.25, 0.3) is 0 Å². The van der Waals surface area contributed by atoms with Gasteiger partial charge in [0.15, 0.2) is 0 Å². The van der Waals surface area contributed by atoms with E-state index in [1.165, 1.54) is 12.2 Å². The summed E-state index contributed by atoms with van der Waals surface area (Å²) in [6, 6.07) is 7.17. The molecule has 0 N–H and O–H groups in total. The topological polar surface area (TPSA) is 103 Å². The third-order valence-corrected chi connectivity index (χ3v) is 6.64. The number of carbonyl (C=O) groups is 2. The summed E-state index contributed by atoms with van der Waals surface area (Å²) in [5, 5.41) is 0. The zero-order chi connectivity index (χ0) is 23.4. The number of hydrogen-bond donors (Lipinski definition) is 0. The largest absolute Gasteiger partial charge is 0.443 e. The highest BCUT2D eigenvalue weighted by molar-refractivity contribution is 7.93. The Labute approximate surface area is 186 Å². The Morgan fingerprint density at radius 3 is 2.06 bits per heavy atom. The Bertz CT molecular complexity index is 1010. The first-order valence-corrected chi connectivity index (χ1v) is 12.1. The van der Waals surface area contributed by atoms with Gasteiger partial charge in [-0.15, -0.1) is 11.3 Å². The molecule has 0 bridgehead atoms. The van der Waals surface area contributed by atoms with Gasteiger partial charge in [0, 0.05) is 0 Å². The van der Waals surface area contributed by atoms with E-state index in [1.54, 1.807) is 59.7 Å². The molecule has 2 aromatic rings. The molecule has 2 amide bonds. The average Bonchev–Trinajstić information content (AvgIpc) is 3.03. The predicted octanol–water partition coefficient (Wildman–Crippen LogP) is 4.80. The number of nitrogens with zero attached hydrogens (tertiary/aromatic N) is 2. The maximum atomic E-state index is 12.6. The van der Waals surface area contributed by atoms with Crippen molar-refractivity contribution >= 4 is 43.6 Å². The van der Waals surface area contributed by atoms with Crippen LogP contribution >= 0.6 is 11.3 Å². The minimum atomic E-state index is -3.65. The molecule has 1 heterocycles. The number of carbonyl (C=O) groups excluding carboxylic acids is 2.